The lowest BCUT2D eigenvalue weighted by Gasteiger charge is -2.58. The molecule has 4 amide bonds. The second-order valence-electron chi connectivity index (χ2n) is 11.9. The van der Waals surface area contributed by atoms with E-state index in [0.717, 1.165) is 0 Å². The number of hydrogen-bond acceptors (Lipinski definition) is 10. The average Bonchev–Trinajstić information content (AvgIpc) is 3.20. The summed E-state index contributed by atoms with van der Waals surface area (Å²) < 4.78 is 39.3. The van der Waals surface area contributed by atoms with Crippen LogP contribution in [0.25, 0.3) is 0 Å². The highest BCUT2D eigenvalue weighted by molar-refractivity contribution is 7.87. The van der Waals surface area contributed by atoms with Crippen LogP contribution in [-0.2, 0) is 34.0 Å². The second-order valence-corrected chi connectivity index (χ2v) is 13.4. The monoisotopic (exact) mass is 587 g/mol. The van der Waals surface area contributed by atoms with Crippen molar-refractivity contribution in [1.29, 1.82) is 0 Å². The smallest absolute Gasteiger partial charge is 0.408 e. The molecule has 40 heavy (non-hydrogen) atoms. The van der Waals surface area contributed by atoms with E-state index >= 15 is 0 Å². The number of nitrogens with one attached hydrogen (secondary N) is 3. The van der Waals surface area contributed by atoms with Gasteiger partial charge in [-0.2, -0.15) is 0 Å². The van der Waals surface area contributed by atoms with E-state index in [1.165, 1.54) is 0 Å². The van der Waals surface area contributed by atoms with Crippen molar-refractivity contribution in [3.05, 3.63) is 0 Å². The van der Waals surface area contributed by atoms with Crippen molar-refractivity contribution in [2.24, 2.45) is 23.2 Å². The zero-order valence-electron chi connectivity index (χ0n) is 23.2. The summed E-state index contributed by atoms with van der Waals surface area (Å²) in [5.41, 5.74) is -2.99. The summed E-state index contributed by atoms with van der Waals surface area (Å²) in [6.45, 7) is 8.81. The maximum Gasteiger partial charge on any atom is 0.408 e. The first-order chi connectivity index (χ1) is 18.5. The molecule has 4 atom stereocenters. The fraction of sp³-hybridized carbons (Fsp3) is 0.800. The molecule has 0 radical (unpaired) electrons. The summed E-state index contributed by atoms with van der Waals surface area (Å²) in [5.74, 6) is -3.57. The molecule has 2 aliphatic heterocycles. The number of rotatable bonds is 12. The number of ketones is 1. The largest absolute Gasteiger partial charge is 0.746 e. The van der Waals surface area contributed by atoms with Gasteiger partial charge in [0.1, 0.15) is 22.3 Å². The summed E-state index contributed by atoms with van der Waals surface area (Å²) in [5, 5.41) is 17.1. The standard InChI is InChI=1S/C25H40N4O10S/c1-13(2)7-18(28-24(35)39-16-9-25(10-16)11-29(12-25)22(33)14(3)4)21(32)27-17(8-15-5-6-26-20(15)31)19(30)23(34)40(36,37)38/h13-18,23,34H,5-12H2,1-4H3,(H,26,31)(H,27,32)(H,28,35)(H,36,37,38)/p-1/t15-,17+,18+,23?/m1/s1. The number of carbonyl (C=O) groups is 5. The quantitative estimate of drug-likeness (QED) is 0.209. The van der Waals surface area contributed by atoms with Crippen LogP contribution < -0.4 is 16.0 Å². The van der Waals surface area contributed by atoms with E-state index in [9.17, 15) is 42.0 Å². The van der Waals surface area contributed by atoms with Crippen molar-refractivity contribution >= 4 is 39.7 Å². The minimum atomic E-state index is -5.43. The molecule has 2 saturated heterocycles. The van der Waals surface area contributed by atoms with Gasteiger partial charge in [0.05, 0.1) is 6.04 Å². The third-order valence-corrected chi connectivity index (χ3v) is 8.41. The normalized spacial score (nSPS) is 22.6. The van der Waals surface area contributed by atoms with Gasteiger partial charge in [-0.3, -0.25) is 19.2 Å². The Bertz CT molecular complexity index is 1110. The van der Waals surface area contributed by atoms with Gasteiger partial charge in [0.2, 0.25) is 23.2 Å². The van der Waals surface area contributed by atoms with Crippen LogP contribution in [0.15, 0.2) is 0 Å². The lowest BCUT2D eigenvalue weighted by Crippen LogP contribution is -2.66. The second kappa shape index (κ2) is 12.4. The van der Waals surface area contributed by atoms with Crippen LogP contribution in [0, 0.1) is 23.2 Å². The highest BCUT2D eigenvalue weighted by atomic mass is 32.2. The molecule has 1 spiro atoms. The molecule has 0 aromatic rings. The van der Waals surface area contributed by atoms with Crippen LogP contribution in [0.2, 0.25) is 0 Å². The van der Waals surface area contributed by atoms with Crippen molar-refractivity contribution in [2.75, 3.05) is 19.6 Å². The number of aliphatic hydroxyl groups excluding tert-OH is 1. The van der Waals surface area contributed by atoms with Crippen LogP contribution in [0.1, 0.15) is 59.8 Å². The number of likely N-dealkylation sites (tertiary alicyclic amines) is 1. The first-order valence-electron chi connectivity index (χ1n) is 13.5. The van der Waals surface area contributed by atoms with E-state index < -0.39 is 57.2 Å². The van der Waals surface area contributed by atoms with Crippen molar-refractivity contribution < 1.29 is 46.8 Å². The number of ether oxygens (including phenoxy) is 1. The van der Waals surface area contributed by atoms with E-state index in [4.69, 9.17) is 4.74 Å². The van der Waals surface area contributed by atoms with Crippen LogP contribution in [-0.4, -0.2) is 95.8 Å². The van der Waals surface area contributed by atoms with E-state index in [1.807, 2.05) is 13.8 Å². The van der Waals surface area contributed by atoms with Gasteiger partial charge in [0.25, 0.3) is 0 Å². The van der Waals surface area contributed by atoms with Crippen molar-refractivity contribution in [3.8, 4) is 0 Å². The van der Waals surface area contributed by atoms with Gasteiger partial charge >= 0.3 is 6.09 Å². The summed E-state index contributed by atoms with van der Waals surface area (Å²) in [7, 11) is -5.43. The van der Waals surface area contributed by atoms with Gasteiger partial charge in [-0.1, -0.05) is 27.7 Å². The fourth-order valence-corrected chi connectivity index (χ4v) is 6.00. The van der Waals surface area contributed by atoms with E-state index in [-0.39, 0.29) is 42.1 Å². The van der Waals surface area contributed by atoms with Gasteiger partial charge < -0.3 is 35.2 Å². The topological polar surface area (TPSA) is 211 Å². The Morgan fingerprint density at radius 1 is 1.12 bits per heavy atom. The Morgan fingerprint density at radius 2 is 1.75 bits per heavy atom. The zero-order valence-corrected chi connectivity index (χ0v) is 24.0. The van der Waals surface area contributed by atoms with Crippen LogP contribution in [0.5, 0.6) is 0 Å². The molecule has 0 aromatic heterocycles. The van der Waals surface area contributed by atoms with Crippen LogP contribution in [0.3, 0.4) is 0 Å². The molecule has 1 unspecified atom stereocenters. The first-order valence-corrected chi connectivity index (χ1v) is 15.0. The minimum absolute atomic E-state index is 0.0624. The molecular formula is C25H39N4O10S-. The number of alkyl carbamates (subject to hydrolysis) is 1. The number of hydrogen-bond donors (Lipinski definition) is 4. The molecule has 4 N–H and O–H groups in total. The lowest BCUT2D eigenvalue weighted by atomic mass is 9.61. The molecule has 0 bridgehead atoms. The zero-order chi connectivity index (χ0) is 30.0. The van der Waals surface area contributed by atoms with Gasteiger partial charge in [0, 0.05) is 36.9 Å². The third kappa shape index (κ3) is 7.69. The Balaban J connectivity index is 1.60. The highest BCUT2D eigenvalue weighted by Crippen LogP contribution is 2.49. The van der Waals surface area contributed by atoms with Gasteiger partial charge in [-0.15, -0.1) is 0 Å². The predicted octanol–water partition coefficient (Wildman–Crippen LogP) is -0.782. The number of aliphatic hydroxyl groups is 1. The Labute approximate surface area is 233 Å². The van der Waals surface area contributed by atoms with Gasteiger partial charge in [-0.25, -0.2) is 13.2 Å². The Hall–Kier alpha value is -2.78. The first kappa shape index (κ1) is 31.7. The number of carbonyl (C=O) groups excluding carboxylic acids is 5. The van der Waals surface area contributed by atoms with Crippen LogP contribution >= 0.6 is 0 Å². The molecule has 226 valence electrons. The minimum Gasteiger partial charge on any atom is -0.746 e. The van der Waals surface area contributed by atoms with E-state index in [1.54, 1.807) is 18.7 Å². The summed E-state index contributed by atoms with van der Waals surface area (Å²) in [4.78, 5) is 64.4. The summed E-state index contributed by atoms with van der Waals surface area (Å²) in [6.07, 6.45) is 0.0556. The molecule has 14 nitrogen and oxygen atoms in total. The summed E-state index contributed by atoms with van der Waals surface area (Å²) in [6, 6.07) is -2.84. The van der Waals surface area contributed by atoms with E-state index in [0.29, 0.717) is 38.9 Å². The SMILES string of the molecule is CC(C)C[C@H](NC(=O)OC1CC2(C1)CN(C(=O)C(C)C)C2)C(=O)N[C@@H](C[C@H]1CCNC1=O)C(=O)C(O)S(=O)(=O)[O-]. The lowest BCUT2D eigenvalue weighted by molar-refractivity contribution is -0.166. The maximum atomic E-state index is 13.2. The highest BCUT2D eigenvalue weighted by Gasteiger charge is 2.55. The van der Waals surface area contributed by atoms with Crippen molar-refractivity contribution in [2.45, 2.75) is 83.4 Å². The average molecular weight is 588 g/mol. The molecule has 15 heteroatoms. The Morgan fingerprint density at radius 3 is 2.25 bits per heavy atom. The fourth-order valence-electron chi connectivity index (χ4n) is 5.55. The molecule has 1 saturated carbocycles. The molecular weight excluding hydrogens is 548 g/mol. The molecule has 1 aliphatic carbocycles. The number of Topliss-reactive ketones (excluding diaryl/α,β-unsaturated/α-hetero) is 1. The third-order valence-electron chi connectivity index (χ3n) is 7.63. The number of nitrogens with zero attached hydrogens (tertiary/aromatic N) is 1. The molecule has 3 aliphatic rings. The number of amides is 4. The molecule has 0 aromatic carbocycles. The van der Waals surface area contributed by atoms with Crippen molar-refractivity contribution in [1.82, 2.24) is 20.9 Å². The van der Waals surface area contributed by atoms with Crippen molar-refractivity contribution in [3.63, 3.8) is 0 Å². The molecule has 3 fully saturated rings. The van der Waals surface area contributed by atoms with Gasteiger partial charge in [0.15, 0.2) is 5.78 Å². The predicted molar refractivity (Wildman–Crippen MR) is 138 cm³/mol. The maximum absolute atomic E-state index is 13.2. The van der Waals surface area contributed by atoms with E-state index in [2.05, 4.69) is 16.0 Å². The van der Waals surface area contributed by atoms with Gasteiger partial charge in [-0.05, 0) is 38.0 Å². The molecule has 2 heterocycles. The van der Waals surface area contributed by atoms with Crippen LogP contribution in [0.4, 0.5) is 4.79 Å². The Kier molecular flexibility index (Phi) is 9.83. The molecule has 3 rings (SSSR count). The summed E-state index contributed by atoms with van der Waals surface area (Å²) >= 11 is 0.